The largest absolute Gasteiger partial charge is 0.508 e. The summed E-state index contributed by atoms with van der Waals surface area (Å²) in [6, 6.07) is 2.48. The lowest BCUT2D eigenvalue weighted by atomic mass is 9.57. The Kier molecular flexibility index (Phi) is 5.18. The third-order valence-electron chi connectivity index (χ3n) is 7.25. The molecular weight excluding hydrogens is 428 g/mol. The van der Waals surface area contributed by atoms with Crippen molar-refractivity contribution in [3.8, 4) is 5.75 Å². The molecule has 1 fully saturated rings. The summed E-state index contributed by atoms with van der Waals surface area (Å²) in [6.45, 7) is 3.76. The molecule has 0 aromatic heterocycles. The number of benzene rings is 1. The van der Waals surface area contributed by atoms with Crippen LogP contribution in [-0.2, 0) is 20.8 Å². The number of nitrogens with two attached hydrogens (primary N) is 1. The molecule has 1 aromatic rings. The SMILES string of the molecule is CC(C)c1ccc2c(c1O)C(O)=C1C(=O)[C@]3(O)C(O)=C(C(N)=O)C(=O)[C@@H](N(C)C)[C@@H]3C[C@@H]1C2. The molecule has 0 bridgehead atoms. The Morgan fingerprint density at radius 3 is 2.36 bits per heavy atom. The third-order valence-corrected chi connectivity index (χ3v) is 7.25. The third kappa shape index (κ3) is 2.95. The monoisotopic (exact) mass is 456 g/mol. The standard InChI is InChI=1S/C24H28N2O7/c1-9(2)12-6-5-10-7-11-8-13-17(26(3)4)20(29)16(23(25)32)22(31)24(13,33)21(30)15(11)19(28)14(10)18(12)27/h5-6,9,11,13,17,27-28,31,33H,7-8H2,1-4H3,(H2,25,32)/t11-,13-,17-,24-/m0/s1. The smallest absolute Gasteiger partial charge is 0.255 e. The van der Waals surface area contributed by atoms with Crippen LogP contribution in [0.5, 0.6) is 5.75 Å². The first-order valence-electron chi connectivity index (χ1n) is 10.8. The fourth-order valence-corrected chi connectivity index (χ4v) is 5.70. The topological polar surface area (TPSA) is 161 Å². The average Bonchev–Trinajstić information content (AvgIpc) is 2.70. The van der Waals surface area contributed by atoms with E-state index in [1.807, 2.05) is 13.8 Å². The first-order valence-corrected chi connectivity index (χ1v) is 10.8. The number of primary amides is 1. The van der Waals surface area contributed by atoms with E-state index in [0.717, 1.165) is 0 Å². The number of hydrogen-bond acceptors (Lipinski definition) is 8. The summed E-state index contributed by atoms with van der Waals surface area (Å²) >= 11 is 0. The van der Waals surface area contributed by atoms with Gasteiger partial charge in [-0.1, -0.05) is 26.0 Å². The van der Waals surface area contributed by atoms with Gasteiger partial charge < -0.3 is 26.2 Å². The lowest BCUT2D eigenvalue weighted by Crippen LogP contribution is -2.65. The molecule has 0 heterocycles. The Balaban J connectivity index is 1.97. The van der Waals surface area contributed by atoms with Crippen molar-refractivity contribution in [3.63, 3.8) is 0 Å². The summed E-state index contributed by atoms with van der Waals surface area (Å²) < 4.78 is 0. The Morgan fingerprint density at radius 1 is 1.18 bits per heavy atom. The molecule has 9 heteroatoms. The minimum atomic E-state index is -2.62. The minimum absolute atomic E-state index is 0.0447. The second-order valence-electron chi connectivity index (χ2n) is 9.65. The van der Waals surface area contributed by atoms with Crippen molar-refractivity contribution < 1.29 is 34.8 Å². The van der Waals surface area contributed by atoms with Crippen molar-refractivity contribution in [2.75, 3.05) is 14.1 Å². The number of aliphatic hydroxyl groups is 3. The highest BCUT2D eigenvalue weighted by molar-refractivity contribution is 6.24. The van der Waals surface area contributed by atoms with Crippen LogP contribution in [-0.4, -0.2) is 68.5 Å². The first kappa shape index (κ1) is 23.0. The van der Waals surface area contributed by atoms with Crippen LogP contribution < -0.4 is 5.73 Å². The molecule has 4 atom stereocenters. The van der Waals surface area contributed by atoms with Crippen LogP contribution in [0, 0.1) is 11.8 Å². The molecule has 1 saturated carbocycles. The highest BCUT2D eigenvalue weighted by Gasteiger charge is 2.64. The lowest BCUT2D eigenvalue weighted by molar-refractivity contribution is -0.153. The fourth-order valence-electron chi connectivity index (χ4n) is 5.70. The van der Waals surface area contributed by atoms with E-state index in [4.69, 9.17) is 5.73 Å². The molecule has 6 N–H and O–H groups in total. The Morgan fingerprint density at radius 2 is 1.82 bits per heavy atom. The molecule has 3 aliphatic rings. The summed E-state index contributed by atoms with van der Waals surface area (Å²) in [5, 5.41) is 44.3. The molecule has 4 rings (SSSR count). The van der Waals surface area contributed by atoms with Crippen molar-refractivity contribution in [1.29, 1.82) is 0 Å². The highest BCUT2D eigenvalue weighted by Crippen LogP contribution is 2.53. The van der Waals surface area contributed by atoms with Crippen LogP contribution >= 0.6 is 0 Å². The quantitative estimate of drug-likeness (QED) is 0.422. The number of amides is 1. The minimum Gasteiger partial charge on any atom is -0.508 e. The number of phenolic OH excluding ortho intramolecular Hbond substituents is 1. The predicted octanol–water partition coefficient (Wildman–Crippen LogP) is 1.09. The van der Waals surface area contributed by atoms with E-state index in [0.29, 0.717) is 17.5 Å². The zero-order valence-electron chi connectivity index (χ0n) is 18.9. The molecule has 1 aromatic carbocycles. The second kappa shape index (κ2) is 7.43. The Bertz CT molecular complexity index is 1160. The second-order valence-corrected chi connectivity index (χ2v) is 9.65. The number of carbonyl (C=O) groups is 3. The molecule has 0 spiro atoms. The molecule has 0 radical (unpaired) electrons. The van der Waals surface area contributed by atoms with E-state index in [1.54, 1.807) is 26.2 Å². The lowest BCUT2D eigenvalue weighted by Gasteiger charge is -2.50. The molecule has 9 nitrogen and oxygen atoms in total. The number of Topliss-reactive ketones (excluding diaryl/α,β-unsaturated/α-hetero) is 2. The molecular formula is C24H28N2O7. The van der Waals surface area contributed by atoms with Crippen LogP contribution in [0.1, 0.15) is 42.9 Å². The maximum absolute atomic E-state index is 13.7. The highest BCUT2D eigenvalue weighted by atomic mass is 16.3. The summed E-state index contributed by atoms with van der Waals surface area (Å²) in [4.78, 5) is 40.2. The van der Waals surface area contributed by atoms with E-state index in [1.165, 1.54) is 4.90 Å². The van der Waals surface area contributed by atoms with Crippen LogP contribution in [0.3, 0.4) is 0 Å². The van der Waals surface area contributed by atoms with E-state index in [2.05, 4.69) is 0 Å². The summed E-state index contributed by atoms with van der Waals surface area (Å²) in [6.07, 6.45) is 0.374. The number of phenols is 1. The molecule has 0 aliphatic heterocycles. The van der Waals surface area contributed by atoms with Gasteiger partial charge >= 0.3 is 0 Å². The van der Waals surface area contributed by atoms with Crippen molar-refractivity contribution in [2.45, 2.75) is 44.2 Å². The molecule has 0 saturated heterocycles. The van der Waals surface area contributed by atoms with Gasteiger partial charge in [0.15, 0.2) is 11.4 Å². The van der Waals surface area contributed by atoms with Gasteiger partial charge in [-0.15, -0.1) is 0 Å². The van der Waals surface area contributed by atoms with E-state index < -0.39 is 58.0 Å². The number of hydrogen-bond donors (Lipinski definition) is 5. The number of aromatic hydroxyl groups is 1. The first-order chi connectivity index (χ1) is 15.3. The van der Waals surface area contributed by atoms with Crippen molar-refractivity contribution >= 4 is 23.2 Å². The molecule has 0 unspecified atom stereocenters. The van der Waals surface area contributed by atoms with Gasteiger partial charge in [0.2, 0.25) is 5.78 Å². The number of nitrogens with zero attached hydrogens (tertiary/aromatic N) is 1. The average molecular weight is 456 g/mol. The normalized spacial score (nSPS) is 29.4. The Hall–Kier alpha value is -3.17. The maximum atomic E-state index is 13.7. The number of likely N-dealkylation sites (N-methyl/N-ethyl adjacent to an activating group) is 1. The number of rotatable bonds is 3. The van der Waals surface area contributed by atoms with Crippen LogP contribution in [0.2, 0.25) is 0 Å². The van der Waals surface area contributed by atoms with Gasteiger partial charge in [0.25, 0.3) is 5.91 Å². The number of carbonyl (C=O) groups excluding carboxylic acids is 3. The van der Waals surface area contributed by atoms with Crippen LogP contribution in [0.25, 0.3) is 5.76 Å². The van der Waals surface area contributed by atoms with Crippen LogP contribution in [0.15, 0.2) is 29.0 Å². The van der Waals surface area contributed by atoms with E-state index in [9.17, 15) is 34.8 Å². The number of aliphatic hydroxyl groups excluding tert-OH is 2. The summed E-state index contributed by atoms with van der Waals surface area (Å²) in [7, 11) is 3.14. The van der Waals surface area contributed by atoms with Gasteiger partial charge in [0.05, 0.1) is 11.6 Å². The zero-order chi connectivity index (χ0) is 24.6. The molecule has 33 heavy (non-hydrogen) atoms. The summed E-state index contributed by atoms with van der Waals surface area (Å²) in [5.74, 6) is -6.39. The summed E-state index contributed by atoms with van der Waals surface area (Å²) in [5.41, 5.74) is 3.09. The van der Waals surface area contributed by atoms with Crippen molar-refractivity contribution in [3.05, 3.63) is 45.7 Å². The number of fused-ring (bicyclic) bond motifs is 3. The molecule has 176 valence electrons. The van der Waals surface area contributed by atoms with Gasteiger partial charge in [-0.25, -0.2) is 0 Å². The van der Waals surface area contributed by atoms with Gasteiger partial charge in [-0.05, 0) is 49.9 Å². The van der Waals surface area contributed by atoms with Gasteiger partial charge in [-0.2, -0.15) is 0 Å². The maximum Gasteiger partial charge on any atom is 0.255 e. The zero-order valence-corrected chi connectivity index (χ0v) is 18.9. The van der Waals surface area contributed by atoms with E-state index in [-0.39, 0.29) is 29.2 Å². The Labute approximate surface area is 190 Å². The predicted molar refractivity (Wildman–Crippen MR) is 118 cm³/mol. The molecule has 1 amide bonds. The van der Waals surface area contributed by atoms with Crippen molar-refractivity contribution in [2.24, 2.45) is 17.6 Å². The number of ketones is 2. The van der Waals surface area contributed by atoms with E-state index >= 15 is 0 Å². The van der Waals surface area contributed by atoms with Crippen molar-refractivity contribution in [1.82, 2.24) is 4.90 Å². The van der Waals surface area contributed by atoms with Gasteiger partial charge in [0, 0.05) is 11.5 Å². The fraction of sp³-hybridized carbons (Fsp3) is 0.458. The van der Waals surface area contributed by atoms with Gasteiger partial charge in [-0.3, -0.25) is 19.3 Å². The molecule has 3 aliphatic carbocycles. The van der Waals surface area contributed by atoms with Crippen LogP contribution in [0.4, 0.5) is 0 Å². The van der Waals surface area contributed by atoms with Gasteiger partial charge in [0.1, 0.15) is 22.8 Å².